The van der Waals surface area contributed by atoms with Crippen LogP contribution in [0.4, 0.5) is 11.6 Å². The third kappa shape index (κ3) is 3.65. The standard InChI is InChI=1S/C35H26N6/c1-36-34-35(38-29(22-37-34)23-12-4-2-5-13-23)39-41-31-19-11-9-17-26(31)28-20-32-27(21-33(28)41)25-16-8-10-18-30(25)40(32)24-14-6-3-7-15-24/h2-22H,1H3,(H,36,37)(H,38,39). The van der Waals surface area contributed by atoms with E-state index in [9.17, 15) is 0 Å². The predicted molar refractivity (Wildman–Crippen MR) is 170 cm³/mol. The predicted octanol–water partition coefficient (Wildman–Crippen LogP) is 8.27. The number of hydrogen-bond acceptors (Lipinski definition) is 4. The number of rotatable bonds is 5. The van der Waals surface area contributed by atoms with Crippen molar-refractivity contribution in [2.45, 2.75) is 0 Å². The number of fused-ring (bicyclic) bond motifs is 6. The van der Waals surface area contributed by atoms with E-state index in [4.69, 9.17) is 4.98 Å². The van der Waals surface area contributed by atoms with Gasteiger partial charge in [0, 0.05) is 39.8 Å². The molecule has 0 bridgehead atoms. The molecule has 0 saturated carbocycles. The number of para-hydroxylation sites is 3. The quantitative estimate of drug-likeness (QED) is 0.235. The van der Waals surface area contributed by atoms with Gasteiger partial charge in [0.15, 0.2) is 11.6 Å². The van der Waals surface area contributed by atoms with Crippen LogP contribution in [0.2, 0.25) is 0 Å². The number of nitrogens with one attached hydrogen (secondary N) is 2. The highest BCUT2D eigenvalue weighted by molar-refractivity contribution is 6.18. The summed E-state index contributed by atoms with van der Waals surface area (Å²) < 4.78 is 4.50. The van der Waals surface area contributed by atoms with Crippen molar-refractivity contribution >= 4 is 55.2 Å². The Bertz CT molecular complexity index is 2210. The zero-order chi connectivity index (χ0) is 27.3. The fraction of sp³-hybridized carbons (Fsp3) is 0.0286. The first-order valence-corrected chi connectivity index (χ1v) is 13.7. The summed E-state index contributed by atoms with van der Waals surface area (Å²) in [6.07, 6.45) is 1.81. The van der Waals surface area contributed by atoms with Crippen LogP contribution in [0, 0.1) is 0 Å². The second-order valence-corrected chi connectivity index (χ2v) is 10.1. The maximum absolute atomic E-state index is 5.00. The van der Waals surface area contributed by atoms with Gasteiger partial charge in [0.1, 0.15) is 0 Å². The van der Waals surface area contributed by atoms with Gasteiger partial charge < -0.3 is 9.88 Å². The van der Waals surface area contributed by atoms with Crippen molar-refractivity contribution < 1.29 is 0 Å². The van der Waals surface area contributed by atoms with Crippen LogP contribution in [-0.4, -0.2) is 26.3 Å². The normalized spacial score (nSPS) is 11.5. The molecule has 0 amide bonds. The second-order valence-electron chi connectivity index (χ2n) is 10.1. The van der Waals surface area contributed by atoms with Gasteiger partial charge in [-0.3, -0.25) is 10.1 Å². The Morgan fingerprint density at radius 2 is 1.17 bits per heavy atom. The van der Waals surface area contributed by atoms with Crippen LogP contribution in [0.3, 0.4) is 0 Å². The van der Waals surface area contributed by atoms with Gasteiger partial charge >= 0.3 is 0 Å². The molecule has 0 unspecified atom stereocenters. The lowest BCUT2D eigenvalue weighted by Crippen LogP contribution is -2.13. The molecule has 0 aliphatic rings. The molecule has 0 saturated heterocycles. The lowest BCUT2D eigenvalue weighted by atomic mass is 10.1. The average molecular weight is 531 g/mol. The molecule has 0 aliphatic heterocycles. The van der Waals surface area contributed by atoms with E-state index in [2.05, 4.69) is 116 Å². The van der Waals surface area contributed by atoms with E-state index in [0.29, 0.717) is 11.6 Å². The van der Waals surface area contributed by atoms with Gasteiger partial charge in [-0.15, -0.1) is 0 Å². The molecule has 5 aromatic carbocycles. The molecule has 8 aromatic rings. The molecule has 196 valence electrons. The summed E-state index contributed by atoms with van der Waals surface area (Å²) in [5.74, 6) is 1.33. The zero-order valence-electron chi connectivity index (χ0n) is 22.4. The van der Waals surface area contributed by atoms with E-state index >= 15 is 0 Å². The molecule has 3 aromatic heterocycles. The molecule has 0 atom stereocenters. The fourth-order valence-corrected chi connectivity index (χ4v) is 5.91. The van der Waals surface area contributed by atoms with E-state index in [-0.39, 0.29) is 0 Å². The Morgan fingerprint density at radius 1 is 0.561 bits per heavy atom. The van der Waals surface area contributed by atoms with E-state index in [1.54, 1.807) is 6.20 Å². The molecule has 2 N–H and O–H groups in total. The zero-order valence-corrected chi connectivity index (χ0v) is 22.4. The number of aromatic nitrogens is 4. The topological polar surface area (TPSA) is 59.7 Å². The van der Waals surface area contributed by atoms with Gasteiger partial charge in [-0.1, -0.05) is 84.9 Å². The van der Waals surface area contributed by atoms with Crippen LogP contribution in [0.5, 0.6) is 0 Å². The average Bonchev–Trinajstić information content (AvgIpc) is 3.53. The second kappa shape index (κ2) is 9.24. The number of hydrogen-bond donors (Lipinski definition) is 2. The highest BCUT2D eigenvalue weighted by atomic mass is 15.4. The van der Waals surface area contributed by atoms with Crippen LogP contribution in [0.25, 0.3) is 60.6 Å². The molecular formula is C35H26N6. The summed E-state index contributed by atoms with van der Waals surface area (Å²) in [5, 5.41) is 7.95. The lowest BCUT2D eigenvalue weighted by Gasteiger charge is -2.15. The van der Waals surface area contributed by atoms with Crippen LogP contribution in [-0.2, 0) is 0 Å². The molecule has 6 heteroatoms. The van der Waals surface area contributed by atoms with Crippen molar-refractivity contribution in [1.29, 1.82) is 0 Å². The van der Waals surface area contributed by atoms with E-state index in [1.165, 1.54) is 32.6 Å². The summed E-state index contributed by atoms with van der Waals surface area (Å²) in [4.78, 5) is 9.69. The van der Waals surface area contributed by atoms with Crippen molar-refractivity contribution in [3.8, 4) is 16.9 Å². The largest absolute Gasteiger partial charge is 0.370 e. The number of benzene rings is 5. The molecule has 0 fully saturated rings. The van der Waals surface area contributed by atoms with Gasteiger partial charge in [0.25, 0.3) is 0 Å². The van der Waals surface area contributed by atoms with Crippen molar-refractivity contribution in [3.63, 3.8) is 0 Å². The summed E-state index contributed by atoms with van der Waals surface area (Å²) in [7, 11) is 1.87. The third-order valence-corrected chi connectivity index (χ3v) is 7.78. The first kappa shape index (κ1) is 23.3. The van der Waals surface area contributed by atoms with Crippen molar-refractivity contribution in [1.82, 2.24) is 19.2 Å². The summed E-state index contributed by atoms with van der Waals surface area (Å²) in [6, 6.07) is 42.4. The van der Waals surface area contributed by atoms with Crippen molar-refractivity contribution in [2.24, 2.45) is 0 Å². The minimum absolute atomic E-state index is 0.656. The van der Waals surface area contributed by atoms with Gasteiger partial charge in [-0.05, 0) is 36.4 Å². The van der Waals surface area contributed by atoms with Crippen molar-refractivity contribution in [2.75, 3.05) is 17.8 Å². The number of nitrogens with zero attached hydrogens (tertiary/aromatic N) is 4. The molecule has 0 spiro atoms. The first-order chi connectivity index (χ1) is 20.3. The lowest BCUT2D eigenvalue weighted by molar-refractivity contribution is 1.02. The molecule has 6 nitrogen and oxygen atoms in total. The number of anilines is 2. The third-order valence-electron chi connectivity index (χ3n) is 7.78. The van der Waals surface area contributed by atoms with E-state index < -0.39 is 0 Å². The highest BCUT2D eigenvalue weighted by Gasteiger charge is 2.19. The van der Waals surface area contributed by atoms with E-state index in [1.807, 2.05) is 37.4 Å². The van der Waals surface area contributed by atoms with Gasteiger partial charge in [0.2, 0.25) is 0 Å². The Kier molecular flexibility index (Phi) is 5.25. The van der Waals surface area contributed by atoms with Crippen LogP contribution in [0.1, 0.15) is 0 Å². The molecule has 0 aliphatic carbocycles. The SMILES string of the molecule is CNc1ncc(-c2ccccc2)nc1Nn1c2ccccc2c2cc3c(cc21)c1ccccc1n3-c1ccccc1. The fourth-order valence-electron chi connectivity index (χ4n) is 5.91. The highest BCUT2D eigenvalue weighted by Crippen LogP contribution is 2.38. The Morgan fingerprint density at radius 3 is 1.93 bits per heavy atom. The van der Waals surface area contributed by atoms with Gasteiger partial charge in [-0.2, -0.15) is 0 Å². The maximum Gasteiger partial charge on any atom is 0.188 e. The smallest absolute Gasteiger partial charge is 0.188 e. The molecule has 3 heterocycles. The Balaban J connectivity index is 1.40. The van der Waals surface area contributed by atoms with Crippen molar-refractivity contribution in [3.05, 3.63) is 128 Å². The first-order valence-electron chi connectivity index (χ1n) is 13.7. The van der Waals surface area contributed by atoms with Gasteiger partial charge in [-0.25, -0.2) is 9.97 Å². The minimum atomic E-state index is 0.656. The molecule has 41 heavy (non-hydrogen) atoms. The monoisotopic (exact) mass is 530 g/mol. The van der Waals surface area contributed by atoms with Crippen LogP contribution in [0.15, 0.2) is 128 Å². The van der Waals surface area contributed by atoms with Crippen LogP contribution >= 0.6 is 0 Å². The Labute approximate surface area is 236 Å². The summed E-state index contributed by atoms with van der Waals surface area (Å²) in [6.45, 7) is 0. The summed E-state index contributed by atoms with van der Waals surface area (Å²) >= 11 is 0. The van der Waals surface area contributed by atoms with Crippen LogP contribution < -0.4 is 10.7 Å². The molecular weight excluding hydrogens is 504 g/mol. The summed E-state index contributed by atoms with van der Waals surface area (Å²) in [5.41, 5.74) is 11.1. The Hall–Kier alpha value is -5.62. The van der Waals surface area contributed by atoms with Gasteiger partial charge in [0.05, 0.1) is 34.0 Å². The maximum atomic E-state index is 5.00. The minimum Gasteiger partial charge on any atom is -0.370 e. The van der Waals surface area contributed by atoms with E-state index in [0.717, 1.165) is 28.0 Å². The molecule has 8 rings (SSSR count). The molecule has 0 radical (unpaired) electrons.